The molecule has 0 bridgehead atoms. The molecule has 21 heavy (non-hydrogen) atoms. The lowest BCUT2D eigenvalue weighted by atomic mass is 9.97. The zero-order chi connectivity index (χ0) is 15.4. The van der Waals surface area contributed by atoms with Crippen LogP contribution in [0.1, 0.15) is 29.8 Å². The Morgan fingerprint density at radius 3 is 2.71 bits per heavy atom. The number of hydrogen-bond acceptors (Lipinski definition) is 3. The number of carbonyl (C=O) groups excluding carboxylic acids is 2. The van der Waals surface area contributed by atoms with Gasteiger partial charge in [-0.2, -0.15) is 0 Å². The Bertz CT molecular complexity index is 542. The largest absolute Gasteiger partial charge is 0.352 e. The van der Waals surface area contributed by atoms with Crippen LogP contribution in [0.15, 0.2) is 18.2 Å². The fraction of sp³-hybridized carbons (Fsp3) is 0.500. The van der Waals surface area contributed by atoms with E-state index in [4.69, 9.17) is 0 Å². The Hall–Kier alpha value is -1.88. The normalized spacial score (nSPS) is 21.1. The zero-order valence-corrected chi connectivity index (χ0v) is 12.8. The molecule has 0 aliphatic carbocycles. The van der Waals surface area contributed by atoms with Crippen LogP contribution in [0.5, 0.6) is 0 Å². The summed E-state index contributed by atoms with van der Waals surface area (Å²) < 4.78 is 0. The maximum absolute atomic E-state index is 12.3. The van der Waals surface area contributed by atoms with Gasteiger partial charge in [-0.25, -0.2) is 0 Å². The Kier molecular flexibility index (Phi) is 4.96. The molecule has 1 aromatic rings. The molecule has 114 valence electrons. The summed E-state index contributed by atoms with van der Waals surface area (Å²) in [5.74, 6) is 0.210. The first-order chi connectivity index (χ1) is 10.0. The van der Waals surface area contributed by atoms with Gasteiger partial charge < -0.3 is 16.0 Å². The Morgan fingerprint density at radius 2 is 2.10 bits per heavy atom. The number of anilines is 1. The van der Waals surface area contributed by atoms with Crippen LogP contribution in [0.3, 0.4) is 0 Å². The third kappa shape index (κ3) is 3.61. The summed E-state index contributed by atoms with van der Waals surface area (Å²) in [6, 6.07) is 5.37. The first-order valence-electron chi connectivity index (χ1n) is 7.43. The smallest absolute Gasteiger partial charge is 0.251 e. The third-order valence-electron chi connectivity index (χ3n) is 3.95. The first kappa shape index (κ1) is 15.5. The average Bonchev–Trinajstić information content (AvgIpc) is 2.87. The van der Waals surface area contributed by atoms with Crippen molar-refractivity contribution in [2.45, 2.75) is 20.8 Å². The summed E-state index contributed by atoms with van der Waals surface area (Å²) in [5.41, 5.74) is 2.23. The van der Waals surface area contributed by atoms with Crippen molar-refractivity contribution in [3.05, 3.63) is 29.3 Å². The molecule has 0 radical (unpaired) electrons. The molecule has 1 aromatic carbocycles. The maximum atomic E-state index is 12.3. The molecule has 1 aliphatic heterocycles. The minimum atomic E-state index is -0.121. The highest BCUT2D eigenvalue weighted by molar-refractivity contribution is 5.98. The van der Waals surface area contributed by atoms with Crippen molar-refractivity contribution in [2.24, 2.45) is 11.8 Å². The maximum Gasteiger partial charge on any atom is 0.251 e. The minimum Gasteiger partial charge on any atom is -0.352 e. The second-order valence-corrected chi connectivity index (χ2v) is 5.62. The lowest BCUT2D eigenvalue weighted by molar-refractivity contribution is -0.120. The molecule has 5 heteroatoms. The zero-order valence-electron chi connectivity index (χ0n) is 12.8. The van der Waals surface area contributed by atoms with E-state index >= 15 is 0 Å². The van der Waals surface area contributed by atoms with Gasteiger partial charge in [-0.05, 0) is 44.0 Å². The number of benzene rings is 1. The van der Waals surface area contributed by atoms with Gasteiger partial charge in [-0.1, -0.05) is 13.0 Å². The van der Waals surface area contributed by atoms with Crippen molar-refractivity contribution in [1.29, 1.82) is 0 Å². The monoisotopic (exact) mass is 289 g/mol. The molecular weight excluding hydrogens is 266 g/mol. The quantitative estimate of drug-likeness (QED) is 0.787. The highest BCUT2D eigenvalue weighted by Crippen LogP contribution is 2.21. The van der Waals surface area contributed by atoms with Crippen molar-refractivity contribution in [1.82, 2.24) is 10.6 Å². The number of aryl methyl sites for hydroxylation is 1. The Morgan fingerprint density at radius 1 is 1.33 bits per heavy atom. The number of rotatable bonds is 4. The molecule has 2 rings (SSSR count). The van der Waals surface area contributed by atoms with Crippen LogP contribution in [0.2, 0.25) is 0 Å². The fourth-order valence-electron chi connectivity index (χ4n) is 2.55. The third-order valence-corrected chi connectivity index (χ3v) is 3.95. The van der Waals surface area contributed by atoms with Crippen LogP contribution >= 0.6 is 0 Å². The number of carbonyl (C=O) groups is 2. The predicted molar refractivity (Wildman–Crippen MR) is 83.3 cm³/mol. The van der Waals surface area contributed by atoms with Crippen LogP contribution in [0, 0.1) is 18.8 Å². The van der Waals surface area contributed by atoms with Crippen LogP contribution in [-0.2, 0) is 4.79 Å². The van der Waals surface area contributed by atoms with E-state index in [0.29, 0.717) is 30.3 Å². The van der Waals surface area contributed by atoms with E-state index in [1.165, 1.54) is 0 Å². The van der Waals surface area contributed by atoms with Gasteiger partial charge in [0.1, 0.15) is 0 Å². The second-order valence-electron chi connectivity index (χ2n) is 5.62. The van der Waals surface area contributed by atoms with E-state index in [1.54, 1.807) is 12.1 Å². The van der Waals surface area contributed by atoms with Crippen molar-refractivity contribution < 1.29 is 9.59 Å². The van der Waals surface area contributed by atoms with Crippen molar-refractivity contribution in [3.8, 4) is 0 Å². The second kappa shape index (κ2) is 6.72. The lowest BCUT2D eigenvalue weighted by Gasteiger charge is -2.16. The van der Waals surface area contributed by atoms with E-state index in [1.807, 2.05) is 19.9 Å². The molecule has 1 heterocycles. The Labute approximate surface area is 125 Å². The molecule has 1 fully saturated rings. The Balaban J connectivity index is 2.13. The number of hydrogen-bond donors (Lipinski definition) is 3. The topological polar surface area (TPSA) is 70.2 Å². The van der Waals surface area contributed by atoms with E-state index in [9.17, 15) is 9.59 Å². The summed E-state index contributed by atoms with van der Waals surface area (Å²) >= 11 is 0. The molecule has 1 aliphatic rings. The first-order valence-corrected chi connectivity index (χ1v) is 7.43. The highest BCUT2D eigenvalue weighted by Gasteiger charge is 2.29. The summed E-state index contributed by atoms with van der Waals surface area (Å²) in [7, 11) is 0. The van der Waals surface area contributed by atoms with Crippen LogP contribution < -0.4 is 16.0 Å². The van der Waals surface area contributed by atoms with Crippen LogP contribution in [0.25, 0.3) is 0 Å². The van der Waals surface area contributed by atoms with Crippen molar-refractivity contribution in [3.63, 3.8) is 0 Å². The van der Waals surface area contributed by atoms with Gasteiger partial charge in [-0.3, -0.25) is 9.59 Å². The van der Waals surface area contributed by atoms with Gasteiger partial charge in [0.15, 0.2) is 0 Å². The fourth-order valence-corrected chi connectivity index (χ4v) is 2.55. The molecule has 2 amide bonds. The van der Waals surface area contributed by atoms with E-state index in [0.717, 1.165) is 12.1 Å². The SMILES string of the molecule is CCNC(=O)c1ccc(C)c(NC(=O)C2CNCC2C)c1. The summed E-state index contributed by atoms with van der Waals surface area (Å²) in [5, 5.41) is 8.95. The molecule has 0 spiro atoms. The standard InChI is InChI=1S/C16H23N3O2/c1-4-18-15(20)12-6-5-10(2)14(7-12)19-16(21)13-9-17-8-11(13)3/h5-7,11,13,17H,4,8-9H2,1-3H3,(H,18,20)(H,19,21). The molecular formula is C16H23N3O2. The summed E-state index contributed by atoms with van der Waals surface area (Å²) in [6.45, 7) is 8.04. The van der Waals surface area contributed by atoms with Gasteiger partial charge in [0.05, 0.1) is 5.92 Å². The van der Waals surface area contributed by atoms with Crippen molar-refractivity contribution >= 4 is 17.5 Å². The number of nitrogens with one attached hydrogen (secondary N) is 3. The minimum absolute atomic E-state index is 0.0162. The van der Waals surface area contributed by atoms with E-state index < -0.39 is 0 Å². The summed E-state index contributed by atoms with van der Waals surface area (Å²) in [6.07, 6.45) is 0. The average molecular weight is 289 g/mol. The van der Waals surface area contributed by atoms with Gasteiger partial charge in [-0.15, -0.1) is 0 Å². The molecule has 1 saturated heterocycles. The van der Waals surface area contributed by atoms with Gasteiger partial charge in [0.2, 0.25) is 5.91 Å². The van der Waals surface area contributed by atoms with Gasteiger partial charge in [0.25, 0.3) is 5.91 Å². The molecule has 2 atom stereocenters. The van der Waals surface area contributed by atoms with Crippen molar-refractivity contribution in [2.75, 3.05) is 25.0 Å². The van der Waals surface area contributed by atoms with Crippen LogP contribution in [0.4, 0.5) is 5.69 Å². The lowest BCUT2D eigenvalue weighted by Crippen LogP contribution is -2.28. The van der Waals surface area contributed by atoms with Gasteiger partial charge in [0, 0.05) is 24.3 Å². The van der Waals surface area contributed by atoms with Crippen LogP contribution in [-0.4, -0.2) is 31.4 Å². The highest BCUT2D eigenvalue weighted by atomic mass is 16.2. The van der Waals surface area contributed by atoms with Gasteiger partial charge >= 0.3 is 0 Å². The predicted octanol–water partition coefficient (Wildman–Crippen LogP) is 1.54. The summed E-state index contributed by atoms with van der Waals surface area (Å²) in [4.78, 5) is 24.2. The molecule has 0 saturated carbocycles. The molecule has 0 aromatic heterocycles. The van der Waals surface area contributed by atoms with E-state index in [2.05, 4.69) is 22.9 Å². The number of amides is 2. The van der Waals surface area contributed by atoms with E-state index in [-0.39, 0.29) is 17.7 Å². The molecule has 2 unspecified atom stereocenters. The molecule has 5 nitrogen and oxygen atoms in total. The molecule has 3 N–H and O–H groups in total.